The molecular formula is C21H22N6O3S. The number of aryl methyl sites for hydroxylation is 1. The molecule has 4 aromatic heterocycles. The Bertz CT molecular complexity index is 1350. The lowest BCUT2D eigenvalue weighted by Crippen LogP contribution is -2.49. The van der Waals surface area contributed by atoms with Crippen molar-refractivity contribution < 1.29 is 9.47 Å². The van der Waals surface area contributed by atoms with Crippen molar-refractivity contribution in [2.24, 2.45) is 0 Å². The van der Waals surface area contributed by atoms with E-state index in [1.54, 1.807) is 33.4 Å². The third-order valence-electron chi connectivity index (χ3n) is 6.01. The van der Waals surface area contributed by atoms with Crippen molar-refractivity contribution in [2.75, 3.05) is 20.2 Å². The molecule has 160 valence electrons. The lowest BCUT2D eigenvalue weighted by Gasteiger charge is -2.39. The van der Waals surface area contributed by atoms with Crippen molar-refractivity contribution in [3.8, 4) is 17.1 Å². The van der Waals surface area contributed by atoms with Gasteiger partial charge in [-0.3, -0.25) is 9.20 Å². The van der Waals surface area contributed by atoms with Crippen molar-refractivity contribution in [1.82, 2.24) is 29.3 Å². The molecular weight excluding hydrogens is 416 g/mol. The van der Waals surface area contributed by atoms with Gasteiger partial charge < -0.3 is 14.8 Å². The van der Waals surface area contributed by atoms with Crippen LogP contribution in [0.3, 0.4) is 0 Å². The SMILES string of the molecule is COc1cc(-c2cc(=O)n3cc([C@H]4C[C@H]5CNC[C@@H](C4)O5)sc3n2)nn2cc(C)nc12. The Hall–Kier alpha value is -2.82. The summed E-state index contributed by atoms with van der Waals surface area (Å²) in [4.78, 5) is 24.0. The summed E-state index contributed by atoms with van der Waals surface area (Å²) in [6, 6.07) is 3.31. The van der Waals surface area contributed by atoms with Crippen LogP contribution in [0.5, 0.6) is 5.75 Å². The molecule has 0 saturated carbocycles. The number of ether oxygens (including phenoxy) is 2. The molecule has 9 nitrogen and oxygen atoms in total. The lowest BCUT2D eigenvalue weighted by atomic mass is 9.89. The van der Waals surface area contributed by atoms with E-state index in [0.29, 0.717) is 33.7 Å². The first-order chi connectivity index (χ1) is 15.1. The highest BCUT2D eigenvalue weighted by Crippen LogP contribution is 2.37. The number of thiazole rings is 1. The Morgan fingerprint density at radius 1 is 1.16 bits per heavy atom. The number of methoxy groups -OCH3 is 1. The van der Waals surface area contributed by atoms with Crippen LogP contribution in [0, 0.1) is 6.92 Å². The maximum absolute atomic E-state index is 12.9. The van der Waals surface area contributed by atoms with Gasteiger partial charge in [0, 0.05) is 36.3 Å². The molecule has 0 amide bonds. The molecule has 2 aliphatic heterocycles. The van der Waals surface area contributed by atoms with Gasteiger partial charge >= 0.3 is 0 Å². The molecule has 0 unspecified atom stereocenters. The zero-order chi connectivity index (χ0) is 21.1. The molecule has 31 heavy (non-hydrogen) atoms. The van der Waals surface area contributed by atoms with Gasteiger partial charge in [-0.25, -0.2) is 14.5 Å². The fourth-order valence-corrected chi connectivity index (χ4v) is 5.71. The molecule has 0 spiro atoms. The topological polar surface area (TPSA) is 95.0 Å². The summed E-state index contributed by atoms with van der Waals surface area (Å²) in [5.74, 6) is 0.984. The number of nitrogens with one attached hydrogen (secondary N) is 1. The van der Waals surface area contributed by atoms with Crippen molar-refractivity contribution in [3.05, 3.63) is 45.5 Å². The van der Waals surface area contributed by atoms with E-state index in [9.17, 15) is 4.79 Å². The van der Waals surface area contributed by atoms with Crippen LogP contribution in [0.2, 0.25) is 0 Å². The fourth-order valence-electron chi connectivity index (χ4n) is 4.59. The molecule has 0 aliphatic carbocycles. The maximum Gasteiger partial charge on any atom is 0.259 e. The molecule has 2 bridgehead atoms. The van der Waals surface area contributed by atoms with Gasteiger partial charge in [0.1, 0.15) is 5.69 Å². The second kappa shape index (κ2) is 7.11. The predicted octanol–water partition coefficient (Wildman–Crippen LogP) is 2.02. The van der Waals surface area contributed by atoms with E-state index in [0.717, 1.165) is 31.6 Å². The van der Waals surface area contributed by atoms with Crippen molar-refractivity contribution in [1.29, 1.82) is 0 Å². The second-order valence-corrected chi connectivity index (χ2v) is 9.26. The average Bonchev–Trinajstić information content (AvgIpc) is 3.35. The highest BCUT2D eigenvalue weighted by molar-refractivity contribution is 7.17. The summed E-state index contributed by atoms with van der Waals surface area (Å²) in [7, 11) is 1.60. The number of nitrogens with zero attached hydrogens (tertiary/aromatic N) is 5. The quantitative estimate of drug-likeness (QED) is 0.523. The number of rotatable bonds is 3. The zero-order valence-corrected chi connectivity index (χ0v) is 18.1. The first kappa shape index (κ1) is 18.9. The molecule has 2 saturated heterocycles. The largest absolute Gasteiger partial charge is 0.493 e. The van der Waals surface area contributed by atoms with E-state index in [2.05, 4.69) is 15.4 Å². The molecule has 6 rings (SSSR count). The summed E-state index contributed by atoms with van der Waals surface area (Å²) >= 11 is 1.58. The molecule has 2 aliphatic rings. The number of hydrogen-bond acceptors (Lipinski definition) is 8. The summed E-state index contributed by atoms with van der Waals surface area (Å²) < 4.78 is 14.8. The summed E-state index contributed by atoms with van der Waals surface area (Å²) in [5.41, 5.74) is 2.46. The Labute approximate surface area is 181 Å². The predicted molar refractivity (Wildman–Crippen MR) is 116 cm³/mol. The zero-order valence-electron chi connectivity index (χ0n) is 17.2. The van der Waals surface area contributed by atoms with Crippen LogP contribution in [0.15, 0.2) is 29.3 Å². The Morgan fingerprint density at radius 3 is 2.74 bits per heavy atom. The minimum atomic E-state index is -0.112. The first-order valence-electron chi connectivity index (χ1n) is 10.4. The van der Waals surface area contributed by atoms with Crippen molar-refractivity contribution in [3.63, 3.8) is 0 Å². The minimum absolute atomic E-state index is 0.112. The van der Waals surface area contributed by atoms with Gasteiger partial charge in [-0.15, -0.1) is 11.3 Å². The van der Waals surface area contributed by atoms with Gasteiger partial charge in [0.2, 0.25) is 0 Å². The number of morpholine rings is 1. The lowest BCUT2D eigenvalue weighted by molar-refractivity contribution is -0.0777. The summed E-state index contributed by atoms with van der Waals surface area (Å²) in [6.07, 6.45) is 6.19. The van der Waals surface area contributed by atoms with Gasteiger partial charge in [0.25, 0.3) is 5.56 Å². The number of imidazole rings is 1. The van der Waals surface area contributed by atoms with Crippen LogP contribution in [0.25, 0.3) is 22.0 Å². The van der Waals surface area contributed by atoms with Gasteiger partial charge in [-0.1, -0.05) is 0 Å². The van der Waals surface area contributed by atoms with Crippen LogP contribution >= 0.6 is 11.3 Å². The van der Waals surface area contributed by atoms with E-state index < -0.39 is 0 Å². The fraction of sp³-hybridized carbons (Fsp3) is 0.429. The first-order valence-corrected chi connectivity index (χ1v) is 11.2. The molecule has 0 radical (unpaired) electrons. The molecule has 3 atom stereocenters. The molecule has 2 fully saturated rings. The molecule has 4 aromatic rings. The van der Waals surface area contributed by atoms with Crippen LogP contribution < -0.4 is 15.6 Å². The normalized spacial score (nSPS) is 23.5. The summed E-state index contributed by atoms with van der Waals surface area (Å²) in [6.45, 7) is 3.69. The summed E-state index contributed by atoms with van der Waals surface area (Å²) in [5, 5.41) is 8.03. The Morgan fingerprint density at radius 2 is 1.97 bits per heavy atom. The van der Waals surface area contributed by atoms with Gasteiger partial charge in [0.15, 0.2) is 16.4 Å². The van der Waals surface area contributed by atoms with Crippen molar-refractivity contribution >= 4 is 21.9 Å². The van der Waals surface area contributed by atoms with E-state index >= 15 is 0 Å². The average molecular weight is 439 g/mol. The number of aromatic nitrogens is 5. The molecule has 6 heterocycles. The molecule has 1 N–H and O–H groups in total. The monoisotopic (exact) mass is 438 g/mol. The van der Waals surface area contributed by atoms with Crippen LogP contribution in [0.1, 0.15) is 29.3 Å². The van der Waals surface area contributed by atoms with Crippen LogP contribution in [-0.2, 0) is 4.74 Å². The molecule has 0 aromatic carbocycles. The van der Waals surface area contributed by atoms with Gasteiger partial charge in [0.05, 0.1) is 36.9 Å². The number of hydrogen-bond donors (Lipinski definition) is 1. The Balaban J connectivity index is 1.42. The van der Waals surface area contributed by atoms with Crippen LogP contribution in [-0.4, -0.2) is 56.4 Å². The van der Waals surface area contributed by atoms with E-state index in [1.807, 2.05) is 19.3 Å². The van der Waals surface area contributed by atoms with Crippen molar-refractivity contribution in [2.45, 2.75) is 37.9 Å². The molecule has 10 heteroatoms. The highest BCUT2D eigenvalue weighted by Gasteiger charge is 2.34. The third kappa shape index (κ3) is 3.22. The van der Waals surface area contributed by atoms with E-state index in [1.165, 1.54) is 10.9 Å². The van der Waals surface area contributed by atoms with E-state index in [-0.39, 0.29) is 17.8 Å². The van der Waals surface area contributed by atoms with E-state index in [4.69, 9.17) is 14.5 Å². The maximum atomic E-state index is 12.9. The number of fused-ring (bicyclic) bond motifs is 4. The van der Waals surface area contributed by atoms with Gasteiger partial charge in [-0.2, -0.15) is 5.10 Å². The minimum Gasteiger partial charge on any atom is -0.493 e. The van der Waals surface area contributed by atoms with Gasteiger partial charge in [-0.05, 0) is 25.7 Å². The smallest absolute Gasteiger partial charge is 0.259 e. The highest BCUT2D eigenvalue weighted by atomic mass is 32.1. The second-order valence-electron chi connectivity index (χ2n) is 8.22. The standard InChI is InChI=1S/C21H22N6O3S/c1-11-9-27-20(23-11)17(29-2)5-16(25-27)15-6-19(28)26-10-18(31-21(26)24-15)12-3-13-7-22-8-14(4-12)30-13/h5-6,9-10,12-14,22H,3-4,7-8H2,1-2H3/t12-,13-,14+. The van der Waals surface area contributed by atoms with Crippen LogP contribution in [0.4, 0.5) is 0 Å². The Kier molecular flexibility index (Phi) is 4.34. The third-order valence-corrected chi connectivity index (χ3v) is 7.15.